The molecule has 3 aliphatic rings. The predicted molar refractivity (Wildman–Crippen MR) is 131 cm³/mol. The summed E-state index contributed by atoms with van der Waals surface area (Å²) in [5, 5.41) is 11.1. The van der Waals surface area contributed by atoms with E-state index in [1.807, 2.05) is 0 Å². The van der Waals surface area contributed by atoms with Crippen molar-refractivity contribution in [3.05, 3.63) is 29.3 Å². The summed E-state index contributed by atoms with van der Waals surface area (Å²) in [5.74, 6) is 1.66. The van der Waals surface area contributed by atoms with Gasteiger partial charge in [0.15, 0.2) is 0 Å². The number of hydrogen-bond acceptors (Lipinski definition) is 6. The van der Waals surface area contributed by atoms with Crippen molar-refractivity contribution >= 4 is 23.3 Å². The van der Waals surface area contributed by atoms with Crippen LogP contribution in [0, 0.1) is 11.8 Å². The van der Waals surface area contributed by atoms with E-state index < -0.39 is 0 Å². The zero-order valence-corrected chi connectivity index (χ0v) is 19.9. The number of piperazine rings is 1. The third kappa shape index (κ3) is 5.23. The van der Waals surface area contributed by atoms with Gasteiger partial charge in [0.05, 0.1) is 0 Å². The number of carbonyl (C=O) groups is 1. The van der Waals surface area contributed by atoms with E-state index in [-0.39, 0.29) is 5.92 Å². The minimum atomic E-state index is 0.250. The van der Waals surface area contributed by atoms with Crippen molar-refractivity contribution < 1.29 is 4.79 Å². The number of hydrogen-bond donors (Lipinski definition) is 0. The van der Waals surface area contributed by atoms with Crippen LogP contribution in [0.2, 0.25) is 0 Å². The van der Waals surface area contributed by atoms with Crippen LogP contribution in [0.5, 0.6) is 0 Å². The molecule has 5 nitrogen and oxygen atoms in total. The minimum Gasteiger partial charge on any atom is -0.369 e. The molecule has 0 spiro atoms. The quantitative estimate of drug-likeness (QED) is 0.551. The third-order valence-corrected chi connectivity index (χ3v) is 8.98. The summed E-state index contributed by atoms with van der Waals surface area (Å²) in [4.78, 5) is 16.2. The van der Waals surface area contributed by atoms with Crippen molar-refractivity contribution in [2.45, 2.75) is 63.7 Å². The second-order valence-corrected chi connectivity index (χ2v) is 11.0. The van der Waals surface area contributed by atoms with Crippen molar-refractivity contribution in [2.24, 2.45) is 11.8 Å². The van der Waals surface area contributed by atoms with Gasteiger partial charge < -0.3 is 9.69 Å². The Balaban J connectivity index is 1.14. The standard InChI is InChI=1S/C26H36N4OS/c31-19-21-6-8-22(9-7-21)25-27-28-26(32-25)23-10-12-24(13-11-23)30-16-14-29(15-17-30)18-20-4-2-1-3-5-20/h10-13,19-22H,1-9,14-18H2/t21-,22-. The molecule has 2 aliphatic carbocycles. The maximum atomic E-state index is 11.0. The van der Waals surface area contributed by atoms with Crippen LogP contribution in [0.15, 0.2) is 24.3 Å². The molecule has 2 saturated carbocycles. The molecule has 0 amide bonds. The first-order chi connectivity index (χ1) is 15.8. The zero-order valence-electron chi connectivity index (χ0n) is 19.1. The molecular weight excluding hydrogens is 416 g/mol. The first-order valence-corrected chi connectivity index (χ1v) is 13.5. The molecule has 3 fully saturated rings. The van der Waals surface area contributed by atoms with Crippen molar-refractivity contribution in [1.82, 2.24) is 15.1 Å². The van der Waals surface area contributed by atoms with Crippen molar-refractivity contribution in [2.75, 3.05) is 37.6 Å². The van der Waals surface area contributed by atoms with E-state index >= 15 is 0 Å². The van der Waals surface area contributed by atoms with E-state index in [1.54, 1.807) is 11.3 Å². The normalized spacial score (nSPS) is 25.7. The van der Waals surface area contributed by atoms with Crippen molar-refractivity contribution in [3.63, 3.8) is 0 Å². The SMILES string of the molecule is O=C[C@H]1CC[C@H](c2nnc(-c3ccc(N4CCN(CC5CCCCC5)CC4)cc3)s2)CC1. The smallest absolute Gasteiger partial charge is 0.147 e. The molecule has 1 aromatic carbocycles. The van der Waals surface area contributed by atoms with Gasteiger partial charge in [-0.15, -0.1) is 10.2 Å². The Morgan fingerprint density at radius 2 is 1.59 bits per heavy atom. The fourth-order valence-corrected chi connectivity index (χ4v) is 6.77. The van der Waals surface area contributed by atoms with Gasteiger partial charge in [-0.3, -0.25) is 4.90 Å². The zero-order chi connectivity index (χ0) is 21.8. The molecule has 6 heteroatoms. The second kappa shape index (κ2) is 10.4. The molecular formula is C26H36N4OS. The first kappa shape index (κ1) is 22.0. The lowest BCUT2D eigenvalue weighted by Gasteiger charge is -2.38. The first-order valence-electron chi connectivity index (χ1n) is 12.6. The van der Waals surface area contributed by atoms with Crippen LogP contribution >= 0.6 is 11.3 Å². The highest BCUT2D eigenvalue weighted by atomic mass is 32.1. The Hall–Kier alpha value is -1.79. The molecule has 0 unspecified atom stereocenters. The molecule has 1 aromatic heterocycles. The second-order valence-electron chi connectivity index (χ2n) is 10.0. The van der Waals surface area contributed by atoms with E-state index in [0.29, 0.717) is 5.92 Å². The summed E-state index contributed by atoms with van der Waals surface area (Å²) in [6.07, 6.45) is 12.4. The van der Waals surface area contributed by atoms with Gasteiger partial charge in [0, 0.05) is 55.8 Å². The van der Waals surface area contributed by atoms with Gasteiger partial charge in [0.25, 0.3) is 0 Å². The maximum absolute atomic E-state index is 11.0. The fourth-order valence-electron chi connectivity index (χ4n) is 5.76. The van der Waals surface area contributed by atoms with E-state index in [1.165, 1.54) is 57.4 Å². The van der Waals surface area contributed by atoms with Gasteiger partial charge in [0.1, 0.15) is 16.3 Å². The van der Waals surface area contributed by atoms with Gasteiger partial charge in [-0.25, -0.2) is 0 Å². The van der Waals surface area contributed by atoms with Crippen LogP contribution in [0.1, 0.15) is 68.7 Å². The summed E-state index contributed by atoms with van der Waals surface area (Å²) >= 11 is 1.73. The molecule has 1 saturated heterocycles. The Morgan fingerprint density at radius 3 is 2.28 bits per heavy atom. The lowest BCUT2D eigenvalue weighted by molar-refractivity contribution is -0.111. The molecule has 0 bridgehead atoms. The van der Waals surface area contributed by atoms with Crippen LogP contribution < -0.4 is 4.90 Å². The van der Waals surface area contributed by atoms with E-state index in [4.69, 9.17) is 0 Å². The fraction of sp³-hybridized carbons (Fsp3) is 0.654. The topological polar surface area (TPSA) is 49.3 Å². The Labute approximate surface area is 196 Å². The van der Waals surface area contributed by atoms with E-state index in [0.717, 1.165) is 66.6 Å². The molecule has 172 valence electrons. The van der Waals surface area contributed by atoms with Crippen LogP contribution in [-0.4, -0.2) is 54.1 Å². The van der Waals surface area contributed by atoms with E-state index in [2.05, 4.69) is 44.3 Å². The number of anilines is 1. The van der Waals surface area contributed by atoms with Crippen LogP contribution in [0.4, 0.5) is 5.69 Å². The number of nitrogens with zero attached hydrogens (tertiary/aromatic N) is 4. The molecule has 32 heavy (non-hydrogen) atoms. The maximum Gasteiger partial charge on any atom is 0.147 e. The lowest BCUT2D eigenvalue weighted by atomic mass is 9.83. The van der Waals surface area contributed by atoms with Crippen LogP contribution in [-0.2, 0) is 4.79 Å². The molecule has 0 radical (unpaired) electrons. The summed E-state index contributed by atoms with van der Waals surface area (Å²) in [6, 6.07) is 8.92. The average molecular weight is 453 g/mol. The molecule has 0 N–H and O–H groups in total. The van der Waals surface area contributed by atoms with Gasteiger partial charge in [-0.05, 0) is 68.7 Å². The number of rotatable bonds is 6. The van der Waals surface area contributed by atoms with Crippen LogP contribution in [0.3, 0.4) is 0 Å². The van der Waals surface area contributed by atoms with E-state index in [9.17, 15) is 4.79 Å². The number of benzene rings is 1. The molecule has 5 rings (SSSR count). The molecule has 2 heterocycles. The summed E-state index contributed by atoms with van der Waals surface area (Å²) in [5.41, 5.74) is 2.48. The van der Waals surface area contributed by atoms with Crippen LogP contribution in [0.25, 0.3) is 10.6 Å². The Kier molecular flexibility index (Phi) is 7.18. The number of carbonyl (C=O) groups excluding carboxylic acids is 1. The average Bonchev–Trinajstić information content (AvgIpc) is 3.36. The number of aromatic nitrogens is 2. The van der Waals surface area contributed by atoms with Crippen molar-refractivity contribution in [3.8, 4) is 10.6 Å². The van der Waals surface area contributed by atoms with Gasteiger partial charge >= 0.3 is 0 Å². The Bertz CT molecular complexity index is 860. The molecule has 0 atom stereocenters. The highest BCUT2D eigenvalue weighted by Gasteiger charge is 2.25. The highest BCUT2D eigenvalue weighted by Crippen LogP contribution is 2.38. The van der Waals surface area contributed by atoms with Gasteiger partial charge in [-0.1, -0.05) is 30.6 Å². The van der Waals surface area contributed by atoms with Crippen molar-refractivity contribution in [1.29, 1.82) is 0 Å². The molecule has 2 aromatic rings. The Morgan fingerprint density at radius 1 is 0.875 bits per heavy atom. The highest BCUT2D eigenvalue weighted by molar-refractivity contribution is 7.14. The lowest BCUT2D eigenvalue weighted by Crippen LogP contribution is -2.48. The third-order valence-electron chi connectivity index (χ3n) is 7.85. The minimum absolute atomic E-state index is 0.250. The summed E-state index contributed by atoms with van der Waals surface area (Å²) < 4.78 is 0. The van der Waals surface area contributed by atoms with Gasteiger partial charge in [-0.2, -0.15) is 0 Å². The number of aldehydes is 1. The van der Waals surface area contributed by atoms with Gasteiger partial charge in [0.2, 0.25) is 0 Å². The summed E-state index contributed by atoms with van der Waals surface area (Å²) in [6.45, 7) is 5.93. The monoisotopic (exact) mass is 452 g/mol. The summed E-state index contributed by atoms with van der Waals surface area (Å²) in [7, 11) is 0. The largest absolute Gasteiger partial charge is 0.369 e. The molecule has 1 aliphatic heterocycles. The predicted octanol–water partition coefficient (Wildman–Crippen LogP) is 5.38.